The first-order valence-electron chi connectivity index (χ1n) is 9.33. The van der Waals surface area contributed by atoms with Crippen molar-refractivity contribution < 1.29 is 9.90 Å². The van der Waals surface area contributed by atoms with Crippen LogP contribution >= 0.6 is 0 Å². The van der Waals surface area contributed by atoms with Crippen LogP contribution in [0, 0.1) is 34.0 Å². The largest absolute Gasteiger partial charge is 0.389 e. The highest BCUT2D eigenvalue weighted by atomic mass is 16.3. The van der Waals surface area contributed by atoms with Crippen molar-refractivity contribution in [2.24, 2.45) is 28.6 Å². The molecule has 23 heavy (non-hydrogen) atoms. The first kappa shape index (κ1) is 15.6. The Hall–Kier alpha value is -0.960. The number of ketones is 1. The summed E-state index contributed by atoms with van der Waals surface area (Å²) in [5.74, 6) is 1.28. The quantitative estimate of drug-likeness (QED) is 0.569. The molecule has 0 aromatic heterocycles. The van der Waals surface area contributed by atoms with Crippen LogP contribution in [0.4, 0.5) is 0 Å². The number of hydrogen-bond donors (Lipinski definition) is 2. The zero-order chi connectivity index (χ0) is 16.5. The van der Waals surface area contributed by atoms with Crippen LogP contribution in [0.15, 0.2) is 12.2 Å². The van der Waals surface area contributed by atoms with E-state index in [0.717, 1.165) is 44.1 Å². The normalized spacial score (nSPS) is 52.5. The maximum Gasteiger partial charge on any atom is 0.144 e. The topological polar surface area (TPSA) is 61.1 Å². The van der Waals surface area contributed by atoms with Gasteiger partial charge in [-0.15, -0.1) is 0 Å². The Kier molecular flexibility index (Phi) is 3.23. The van der Waals surface area contributed by atoms with Crippen LogP contribution in [0.2, 0.25) is 0 Å². The Morgan fingerprint density at radius 1 is 1.22 bits per heavy atom. The lowest BCUT2D eigenvalue weighted by molar-refractivity contribution is -0.180. The number of nitrogens with one attached hydrogen (secondary N) is 1. The Bertz CT molecular complexity index is 584. The first-order valence-corrected chi connectivity index (χ1v) is 9.33. The van der Waals surface area contributed by atoms with Crippen LogP contribution in [-0.4, -0.2) is 22.7 Å². The van der Waals surface area contributed by atoms with E-state index in [1.54, 1.807) is 0 Å². The first-order chi connectivity index (χ1) is 10.9. The minimum atomic E-state index is -0.600. The third-order valence-electron chi connectivity index (χ3n) is 8.27. The minimum Gasteiger partial charge on any atom is -0.389 e. The average Bonchev–Trinajstić information content (AvgIpc) is 2.86. The van der Waals surface area contributed by atoms with E-state index in [4.69, 9.17) is 5.41 Å². The molecule has 4 aliphatic rings. The summed E-state index contributed by atoms with van der Waals surface area (Å²) in [7, 11) is 0. The SMILES string of the molecule is C=C1C[C@@]2(O)CCCC[C@]2(C)[C@H]2CC[C@]3(C=N)C(=O)CC[C@H]3[C@H]12. The number of fused-ring (bicyclic) bond motifs is 5. The predicted octanol–water partition coefficient (Wildman–Crippen LogP) is 3.90. The molecule has 2 N–H and O–H groups in total. The third-order valence-corrected chi connectivity index (χ3v) is 8.27. The van der Waals surface area contributed by atoms with Crippen molar-refractivity contribution in [1.82, 2.24) is 0 Å². The number of carbonyl (C=O) groups excluding carboxylic acids is 1. The van der Waals surface area contributed by atoms with Crippen molar-refractivity contribution >= 4 is 12.0 Å². The molecule has 0 amide bonds. The fraction of sp³-hybridized carbons (Fsp3) is 0.800. The van der Waals surface area contributed by atoms with Crippen LogP contribution in [0.3, 0.4) is 0 Å². The molecule has 4 saturated carbocycles. The smallest absolute Gasteiger partial charge is 0.144 e. The van der Waals surface area contributed by atoms with Crippen molar-refractivity contribution in [2.45, 2.75) is 70.3 Å². The van der Waals surface area contributed by atoms with Crippen LogP contribution < -0.4 is 0 Å². The van der Waals surface area contributed by atoms with Crippen LogP contribution in [0.5, 0.6) is 0 Å². The molecule has 0 saturated heterocycles. The van der Waals surface area contributed by atoms with Gasteiger partial charge >= 0.3 is 0 Å². The van der Waals surface area contributed by atoms with Gasteiger partial charge in [0.05, 0.1) is 11.0 Å². The van der Waals surface area contributed by atoms with E-state index in [0.29, 0.717) is 24.7 Å². The van der Waals surface area contributed by atoms with Crippen molar-refractivity contribution in [3.8, 4) is 0 Å². The summed E-state index contributed by atoms with van der Waals surface area (Å²) in [6.45, 7) is 6.67. The van der Waals surface area contributed by atoms with E-state index in [-0.39, 0.29) is 17.1 Å². The molecule has 0 unspecified atom stereocenters. The highest BCUT2D eigenvalue weighted by Gasteiger charge is 2.65. The Balaban J connectivity index is 1.78. The molecule has 3 nitrogen and oxygen atoms in total. The van der Waals surface area contributed by atoms with Crippen molar-refractivity contribution in [3.63, 3.8) is 0 Å². The van der Waals surface area contributed by atoms with Crippen LogP contribution in [0.25, 0.3) is 0 Å². The van der Waals surface area contributed by atoms with Gasteiger partial charge in [-0.1, -0.05) is 31.9 Å². The van der Waals surface area contributed by atoms with Gasteiger partial charge in [-0.3, -0.25) is 4.79 Å². The molecule has 0 spiro atoms. The molecule has 0 aromatic carbocycles. The van der Waals surface area contributed by atoms with Gasteiger partial charge in [0, 0.05) is 18.1 Å². The second-order valence-electron chi connectivity index (χ2n) is 8.92. The number of carbonyl (C=O) groups is 1. The molecule has 4 fully saturated rings. The molecule has 126 valence electrons. The lowest BCUT2D eigenvalue weighted by Gasteiger charge is -2.63. The van der Waals surface area contributed by atoms with Gasteiger partial charge in [-0.05, 0) is 56.3 Å². The van der Waals surface area contributed by atoms with Gasteiger partial charge in [0.2, 0.25) is 0 Å². The average molecular weight is 315 g/mol. The summed E-state index contributed by atoms with van der Waals surface area (Å²) < 4.78 is 0. The monoisotopic (exact) mass is 315 g/mol. The highest BCUT2D eigenvalue weighted by molar-refractivity contribution is 6.01. The maximum absolute atomic E-state index is 12.5. The Morgan fingerprint density at radius 2 is 1.96 bits per heavy atom. The molecule has 0 aromatic rings. The highest BCUT2D eigenvalue weighted by Crippen LogP contribution is 2.67. The summed E-state index contributed by atoms with van der Waals surface area (Å²) in [6, 6.07) is 0. The maximum atomic E-state index is 12.5. The zero-order valence-corrected chi connectivity index (χ0v) is 14.2. The Labute approximate surface area is 139 Å². The predicted molar refractivity (Wildman–Crippen MR) is 90.4 cm³/mol. The van der Waals surface area contributed by atoms with Gasteiger partial charge in [-0.2, -0.15) is 0 Å². The molecule has 3 heteroatoms. The van der Waals surface area contributed by atoms with E-state index < -0.39 is 11.0 Å². The number of Topliss-reactive ketones (excluding diaryl/α,β-unsaturated/α-hetero) is 1. The number of aliphatic hydroxyl groups is 1. The Morgan fingerprint density at radius 3 is 2.70 bits per heavy atom. The van der Waals surface area contributed by atoms with Gasteiger partial charge in [0.1, 0.15) is 5.78 Å². The van der Waals surface area contributed by atoms with E-state index in [9.17, 15) is 9.90 Å². The number of rotatable bonds is 1. The van der Waals surface area contributed by atoms with Crippen molar-refractivity contribution in [2.75, 3.05) is 0 Å². The van der Waals surface area contributed by atoms with Crippen molar-refractivity contribution in [3.05, 3.63) is 12.2 Å². The molecule has 0 heterocycles. The fourth-order valence-corrected chi connectivity index (χ4v) is 6.95. The van der Waals surface area contributed by atoms with Gasteiger partial charge in [0.25, 0.3) is 0 Å². The summed E-state index contributed by atoms with van der Waals surface area (Å²) in [6.07, 6.45) is 9.75. The van der Waals surface area contributed by atoms with Gasteiger partial charge in [-0.25, -0.2) is 0 Å². The van der Waals surface area contributed by atoms with Gasteiger partial charge < -0.3 is 10.5 Å². The van der Waals surface area contributed by atoms with Crippen LogP contribution in [-0.2, 0) is 4.79 Å². The standard InChI is InChI=1S/C20H29NO2/c1-13-11-20(23)9-4-3-8-18(20,2)14-7-10-19(12-21)15(17(13)14)5-6-16(19)22/h12,14-15,17,21,23H,1,3-11H2,2H3/t14-,15-,17+,18+,19+,20-/m0/s1. The summed E-state index contributed by atoms with van der Waals surface area (Å²) in [5, 5.41) is 19.4. The molecule has 0 bridgehead atoms. The van der Waals surface area contributed by atoms with Crippen LogP contribution in [0.1, 0.15) is 64.7 Å². The second-order valence-corrected chi connectivity index (χ2v) is 8.92. The fourth-order valence-electron chi connectivity index (χ4n) is 6.95. The zero-order valence-electron chi connectivity index (χ0n) is 14.2. The molecule has 6 atom stereocenters. The van der Waals surface area contributed by atoms with E-state index in [1.165, 1.54) is 12.6 Å². The molecule has 0 radical (unpaired) electrons. The van der Waals surface area contributed by atoms with E-state index >= 15 is 0 Å². The summed E-state index contributed by atoms with van der Waals surface area (Å²) in [5.41, 5.74) is -0.0132. The minimum absolute atomic E-state index is 0.0447. The lowest BCUT2D eigenvalue weighted by atomic mass is 9.43. The number of hydrogen-bond acceptors (Lipinski definition) is 3. The second kappa shape index (κ2) is 4.78. The van der Waals surface area contributed by atoms with E-state index in [2.05, 4.69) is 13.5 Å². The van der Waals surface area contributed by atoms with Crippen molar-refractivity contribution in [1.29, 1.82) is 5.41 Å². The molecule has 4 aliphatic carbocycles. The summed E-state index contributed by atoms with van der Waals surface area (Å²) in [4.78, 5) is 12.5. The summed E-state index contributed by atoms with van der Waals surface area (Å²) >= 11 is 0. The third kappa shape index (κ3) is 1.75. The molecular formula is C20H29NO2. The molecular weight excluding hydrogens is 286 g/mol. The van der Waals surface area contributed by atoms with Gasteiger partial charge in [0.15, 0.2) is 0 Å². The molecule has 4 rings (SSSR count). The van der Waals surface area contributed by atoms with E-state index in [1.807, 2.05) is 0 Å². The lowest BCUT2D eigenvalue weighted by Crippen LogP contribution is -2.62. The molecule has 0 aliphatic heterocycles.